The summed E-state index contributed by atoms with van der Waals surface area (Å²) in [5, 5.41) is 16.4. The van der Waals surface area contributed by atoms with Crippen molar-refractivity contribution in [3.05, 3.63) is 52.8 Å². The van der Waals surface area contributed by atoms with Gasteiger partial charge in [-0.1, -0.05) is 23.7 Å². The highest BCUT2D eigenvalue weighted by Gasteiger charge is 2.11. The van der Waals surface area contributed by atoms with Gasteiger partial charge in [0.1, 0.15) is 5.75 Å². The molecule has 1 heterocycles. The lowest BCUT2D eigenvalue weighted by molar-refractivity contribution is 0.0952. The summed E-state index contributed by atoms with van der Waals surface area (Å²) in [6.45, 7) is 4.18. The number of phenolic OH excluding ortho intramolecular Hbond substituents is 1. The number of guanidine groups is 1. The lowest BCUT2D eigenvalue weighted by atomic mass is 10.2. The van der Waals surface area contributed by atoms with Crippen molar-refractivity contribution in [1.29, 1.82) is 0 Å². The van der Waals surface area contributed by atoms with Crippen LogP contribution in [0.5, 0.6) is 5.75 Å². The fourth-order valence-corrected chi connectivity index (χ4v) is 2.88. The molecule has 8 heteroatoms. The number of carbonyl (C=O) groups is 1. The zero-order valence-electron chi connectivity index (χ0n) is 15.9. The van der Waals surface area contributed by atoms with E-state index in [1.165, 1.54) is 6.07 Å². The van der Waals surface area contributed by atoms with E-state index in [0.29, 0.717) is 24.7 Å². The third-order valence-corrected chi connectivity index (χ3v) is 4.18. The molecule has 3 N–H and O–H groups in total. The number of nitrogens with one attached hydrogen (secondary N) is 2. The number of phenols is 1. The predicted octanol–water partition coefficient (Wildman–Crippen LogP) is 2.21. The SMILES string of the molecule is CCNC(=NCCNC(=O)c1ccccc1O)N(C)Cc1cc(Cl)cn1C. The Morgan fingerprint density at radius 1 is 1.33 bits per heavy atom. The molecule has 0 aliphatic carbocycles. The predicted molar refractivity (Wildman–Crippen MR) is 108 cm³/mol. The molecule has 2 rings (SSSR count). The number of benzene rings is 1. The molecule has 0 saturated carbocycles. The second-order valence-electron chi connectivity index (χ2n) is 6.13. The van der Waals surface area contributed by atoms with Crippen molar-refractivity contribution in [2.24, 2.45) is 12.0 Å². The fourth-order valence-electron chi connectivity index (χ4n) is 2.60. The van der Waals surface area contributed by atoms with Crippen LogP contribution in [0.15, 0.2) is 41.5 Å². The van der Waals surface area contributed by atoms with Gasteiger partial charge < -0.3 is 25.2 Å². The van der Waals surface area contributed by atoms with Gasteiger partial charge in [-0.3, -0.25) is 9.79 Å². The fraction of sp³-hybridized carbons (Fsp3) is 0.368. The van der Waals surface area contributed by atoms with E-state index in [-0.39, 0.29) is 17.2 Å². The van der Waals surface area contributed by atoms with Crippen molar-refractivity contribution in [2.45, 2.75) is 13.5 Å². The number of hydrogen-bond acceptors (Lipinski definition) is 3. The molecule has 1 aromatic heterocycles. The van der Waals surface area contributed by atoms with E-state index >= 15 is 0 Å². The first-order valence-corrected chi connectivity index (χ1v) is 9.16. The van der Waals surface area contributed by atoms with E-state index in [1.54, 1.807) is 18.2 Å². The van der Waals surface area contributed by atoms with E-state index < -0.39 is 0 Å². The second kappa shape index (κ2) is 9.87. The molecule has 0 aliphatic heterocycles. The number of aromatic nitrogens is 1. The van der Waals surface area contributed by atoms with Crippen LogP contribution in [0.2, 0.25) is 5.02 Å². The highest BCUT2D eigenvalue weighted by Crippen LogP contribution is 2.15. The van der Waals surface area contributed by atoms with E-state index in [9.17, 15) is 9.90 Å². The first-order valence-electron chi connectivity index (χ1n) is 8.78. The number of aryl methyl sites for hydroxylation is 1. The number of aliphatic imine (C=N–C) groups is 1. The van der Waals surface area contributed by atoms with E-state index in [4.69, 9.17) is 11.6 Å². The summed E-state index contributed by atoms with van der Waals surface area (Å²) in [5.41, 5.74) is 1.33. The van der Waals surface area contributed by atoms with Gasteiger partial charge in [-0.25, -0.2) is 0 Å². The molecule has 0 fully saturated rings. The number of aromatic hydroxyl groups is 1. The van der Waals surface area contributed by atoms with Gasteiger partial charge in [0.2, 0.25) is 0 Å². The smallest absolute Gasteiger partial charge is 0.255 e. The molecular weight excluding hydrogens is 366 g/mol. The molecule has 0 atom stereocenters. The maximum atomic E-state index is 12.1. The molecule has 1 amide bonds. The lowest BCUT2D eigenvalue weighted by Crippen LogP contribution is -2.39. The largest absolute Gasteiger partial charge is 0.507 e. The third kappa shape index (κ3) is 5.92. The topological polar surface area (TPSA) is 81.9 Å². The Morgan fingerprint density at radius 3 is 2.70 bits per heavy atom. The lowest BCUT2D eigenvalue weighted by Gasteiger charge is -2.22. The molecule has 0 saturated heterocycles. The molecule has 146 valence electrons. The molecule has 2 aromatic rings. The maximum absolute atomic E-state index is 12.1. The van der Waals surface area contributed by atoms with Gasteiger partial charge in [-0.2, -0.15) is 0 Å². The van der Waals surface area contributed by atoms with Gasteiger partial charge in [0.05, 0.1) is 23.7 Å². The van der Waals surface area contributed by atoms with Crippen molar-refractivity contribution in [2.75, 3.05) is 26.7 Å². The molecule has 27 heavy (non-hydrogen) atoms. The molecule has 0 spiro atoms. The molecule has 7 nitrogen and oxygen atoms in total. The molecule has 0 bridgehead atoms. The highest BCUT2D eigenvalue weighted by molar-refractivity contribution is 6.30. The molecule has 0 aliphatic rings. The quantitative estimate of drug-likeness (QED) is 0.384. The number of rotatable bonds is 7. The summed E-state index contributed by atoms with van der Waals surface area (Å²) in [7, 11) is 3.90. The number of carbonyl (C=O) groups excluding carboxylic acids is 1. The van der Waals surface area contributed by atoms with Crippen molar-refractivity contribution in [1.82, 2.24) is 20.1 Å². The first kappa shape index (κ1) is 20.6. The van der Waals surface area contributed by atoms with Crippen LogP contribution in [0.25, 0.3) is 0 Å². The van der Waals surface area contributed by atoms with Gasteiger partial charge in [0.15, 0.2) is 5.96 Å². The number of amides is 1. The first-order chi connectivity index (χ1) is 12.9. The van der Waals surface area contributed by atoms with E-state index in [0.717, 1.165) is 18.2 Å². The normalized spacial score (nSPS) is 11.3. The summed E-state index contributed by atoms with van der Waals surface area (Å²) in [4.78, 5) is 18.6. The van der Waals surface area contributed by atoms with Crippen LogP contribution in [-0.2, 0) is 13.6 Å². The van der Waals surface area contributed by atoms with Crippen molar-refractivity contribution >= 4 is 23.5 Å². The second-order valence-corrected chi connectivity index (χ2v) is 6.56. The van der Waals surface area contributed by atoms with Gasteiger partial charge in [0.25, 0.3) is 5.91 Å². The van der Waals surface area contributed by atoms with Crippen LogP contribution in [0, 0.1) is 0 Å². The summed E-state index contributed by atoms with van der Waals surface area (Å²) in [6, 6.07) is 8.38. The maximum Gasteiger partial charge on any atom is 0.255 e. The van der Waals surface area contributed by atoms with Crippen molar-refractivity contribution in [3.8, 4) is 5.75 Å². The third-order valence-electron chi connectivity index (χ3n) is 3.98. The van der Waals surface area contributed by atoms with Crippen molar-refractivity contribution in [3.63, 3.8) is 0 Å². The van der Waals surface area contributed by atoms with E-state index in [1.807, 2.05) is 42.7 Å². The van der Waals surface area contributed by atoms with Gasteiger partial charge >= 0.3 is 0 Å². The summed E-state index contributed by atoms with van der Waals surface area (Å²) in [6.07, 6.45) is 1.86. The Bertz CT molecular complexity index is 803. The van der Waals surface area contributed by atoms with Crippen LogP contribution >= 0.6 is 11.6 Å². The number of nitrogens with zero attached hydrogens (tertiary/aromatic N) is 3. The standard InChI is InChI=1S/C19H26ClN5O2/c1-4-21-19(25(3)13-15-11-14(20)12-24(15)2)23-10-9-22-18(27)16-7-5-6-8-17(16)26/h5-8,11-12,26H,4,9-10,13H2,1-3H3,(H,21,23)(H,22,27). The Balaban J connectivity index is 1.91. The van der Waals surface area contributed by atoms with Crippen LogP contribution in [-0.4, -0.2) is 53.1 Å². The average Bonchev–Trinajstić information content (AvgIpc) is 2.94. The van der Waals surface area contributed by atoms with Crippen LogP contribution < -0.4 is 10.6 Å². The minimum absolute atomic E-state index is 0.0344. The summed E-state index contributed by atoms with van der Waals surface area (Å²) < 4.78 is 1.98. The number of para-hydroxylation sites is 1. The zero-order valence-corrected chi connectivity index (χ0v) is 16.6. The molecular formula is C19H26ClN5O2. The van der Waals surface area contributed by atoms with Crippen molar-refractivity contribution < 1.29 is 9.90 Å². The van der Waals surface area contributed by atoms with Gasteiger partial charge in [-0.15, -0.1) is 0 Å². The minimum atomic E-state index is -0.319. The number of hydrogen-bond donors (Lipinski definition) is 3. The zero-order chi connectivity index (χ0) is 19.8. The Labute approximate surface area is 164 Å². The summed E-state index contributed by atoms with van der Waals surface area (Å²) in [5.74, 6) is 0.388. The van der Waals surface area contributed by atoms with Gasteiger partial charge in [0, 0.05) is 39.1 Å². The average molecular weight is 392 g/mol. The Hall–Kier alpha value is -2.67. The summed E-state index contributed by atoms with van der Waals surface area (Å²) >= 11 is 6.04. The highest BCUT2D eigenvalue weighted by atomic mass is 35.5. The van der Waals surface area contributed by atoms with Gasteiger partial charge in [-0.05, 0) is 25.1 Å². The molecule has 0 unspecified atom stereocenters. The Kier molecular flexibility index (Phi) is 7.55. The monoisotopic (exact) mass is 391 g/mol. The molecule has 1 aromatic carbocycles. The van der Waals surface area contributed by atoms with E-state index in [2.05, 4.69) is 15.6 Å². The van der Waals surface area contributed by atoms with Crippen LogP contribution in [0.1, 0.15) is 23.0 Å². The minimum Gasteiger partial charge on any atom is -0.507 e. The van der Waals surface area contributed by atoms with Crippen LogP contribution in [0.4, 0.5) is 0 Å². The number of halogens is 1. The van der Waals surface area contributed by atoms with Crippen LogP contribution in [0.3, 0.4) is 0 Å². The Morgan fingerprint density at radius 2 is 2.07 bits per heavy atom. The molecule has 0 radical (unpaired) electrons.